The zero-order chi connectivity index (χ0) is 8.55. The maximum absolute atomic E-state index is 10.7. The second kappa shape index (κ2) is 3.27. The quantitative estimate of drug-likeness (QED) is 0.0987. The van der Waals surface area contributed by atoms with Crippen molar-refractivity contribution in [2.45, 2.75) is 4.05 Å². The van der Waals surface area contributed by atoms with Crippen molar-refractivity contribution < 1.29 is 26.7 Å². The Balaban J connectivity index is 2.18. The van der Waals surface area contributed by atoms with E-state index < -0.39 is 0 Å². The second-order valence-electron chi connectivity index (χ2n) is 2.57. The van der Waals surface area contributed by atoms with Crippen LogP contribution in [0.15, 0.2) is 24.3 Å². The minimum atomic E-state index is -0.361. The number of nitrogens with one attached hydrogen (secondary N) is 2. The van der Waals surface area contributed by atoms with Crippen LogP contribution in [0.25, 0.3) is 0 Å². The fourth-order valence-electron chi connectivity index (χ4n) is 0.974. The van der Waals surface area contributed by atoms with Crippen LogP contribution in [0, 0.1) is 5.21 Å². The summed E-state index contributed by atoms with van der Waals surface area (Å²) in [4.78, 5) is 0. The molecule has 2 unspecified atom stereocenters. The van der Waals surface area contributed by atoms with E-state index >= 15 is 0 Å². The van der Waals surface area contributed by atoms with Crippen molar-refractivity contribution >= 4 is 5.69 Å². The molecular formula is C7H9IN3O-. The molecule has 1 aromatic carbocycles. The molecule has 0 bridgehead atoms. The molecule has 4 nitrogen and oxygen atoms in total. The fourth-order valence-corrected chi connectivity index (χ4v) is 2.29. The molecule has 0 aromatic heterocycles. The van der Waals surface area contributed by atoms with Gasteiger partial charge in [0.2, 0.25) is 0 Å². The van der Waals surface area contributed by atoms with E-state index in [0.29, 0.717) is 9.74 Å². The standard InChI is InChI=1S/C7H9IN3O/c9-11(12)6-3-1-5(2-4-6)7-8-10-7/h1-4,7,10-11H,9H2/q-1. The summed E-state index contributed by atoms with van der Waals surface area (Å²) in [7, 11) is 0. The first-order valence-electron chi connectivity index (χ1n) is 3.55. The molecule has 1 aromatic rings. The van der Waals surface area contributed by atoms with Crippen LogP contribution in [-0.2, 0) is 0 Å². The Morgan fingerprint density at radius 3 is 2.42 bits per heavy atom. The van der Waals surface area contributed by atoms with Gasteiger partial charge in [0, 0.05) is 0 Å². The van der Waals surface area contributed by atoms with E-state index in [0.717, 1.165) is 0 Å². The SMILES string of the molecule is N[NH+]([O-])c1ccc(C2N[I-]2)cc1. The van der Waals surface area contributed by atoms with E-state index in [1.807, 2.05) is 12.1 Å². The predicted octanol–water partition coefficient (Wildman–Crippen LogP) is -3.82. The normalized spacial score (nSPS) is 24.3. The van der Waals surface area contributed by atoms with Crippen molar-refractivity contribution in [3.05, 3.63) is 35.0 Å². The van der Waals surface area contributed by atoms with Crippen LogP contribution < -0.4 is 36.0 Å². The molecule has 0 saturated carbocycles. The molecule has 1 saturated heterocycles. The summed E-state index contributed by atoms with van der Waals surface area (Å²) < 4.78 is 3.90. The summed E-state index contributed by atoms with van der Waals surface area (Å²) in [6.07, 6.45) is 0. The molecule has 0 radical (unpaired) electrons. The Morgan fingerprint density at radius 1 is 1.42 bits per heavy atom. The van der Waals surface area contributed by atoms with Gasteiger partial charge in [-0.1, -0.05) is 0 Å². The first-order valence-corrected chi connectivity index (χ1v) is 5.87. The number of hydrogen-bond donors (Lipinski definition) is 3. The Labute approximate surface area is 80.9 Å². The third kappa shape index (κ3) is 1.75. The summed E-state index contributed by atoms with van der Waals surface area (Å²) in [5, 5.41) is 10.4. The Kier molecular flexibility index (Phi) is 2.28. The van der Waals surface area contributed by atoms with Gasteiger partial charge < -0.3 is 0 Å². The molecule has 2 atom stereocenters. The van der Waals surface area contributed by atoms with Gasteiger partial charge in [0.05, 0.1) is 0 Å². The van der Waals surface area contributed by atoms with Crippen molar-refractivity contribution in [3.8, 4) is 0 Å². The first kappa shape index (κ1) is 8.39. The van der Waals surface area contributed by atoms with Crippen LogP contribution in [0.4, 0.5) is 5.69 Å². The number of quaternary nitrogens is 1. The number of benzene rings is 1. The molecule has 1 aliphatic rings. The Morgan fingerprint density at radius 2 is 2.00 bits per heavy atom. The van der Waals surface area contributed by atoms with Crippen molar-refractivity contribution in [1.29, 1.82) is 0 Å². The van der Waals surface area contributed by atoms with Gasteiger partial charge in [0.25, 0.3) is 0 Å². The monoisotopic (exact) mass is 278 g/mol. The van der Waals surface area contributed by atoms with Gasteiger partial charge in [-0.25, -0.2) is 0 Å². The molecule has 1 fully saturated rings. The van der Waals surface area contributed by atoms with E-state index in [4.69, 9.17) is 5.84 Å². The predicted molar refractivity (Wildman–Crippen MR) is 40.5 cm³/mol. The average molecular weight is 278 g/mol. The van der Waals surface area contributed by atoms with Crippen molar-refractivity contribution in [1.82, 2.24) is 3.53 Å². The van der Waals surface area contributed by atoms with E-state index in [-0.39, 0.29) is 26.7 Å². The van der Waals surface area contributed by atoms with Crippen LogP contribution >= 0.6 is 0 Å². The van der Waals surface area contributed by atoms with Crippen LogP contribution in [0.1, 0.15) is 9.61 Å². The third-order valence-electron chi connectivity index (χ3n) is 1.71. The van der Waals surface area contributed by atoms with Gasteiger partial charge in [-0.05, 0) is 0 Å². The third-order valence-corrected chi connectivity index (χ3v) is 3.67. The van der Waals surface area contributed by atoms with E-state index in [1.165, 1.54) is 5.56 Å². The van der Waals surface area contributed by atoms with E-state index in [1.54, 1.807) is 12.1 Å². The van der Waals surface area contributed by atoms with Crippen LogP contribution in [0.2, 0.25) is 0 Å². The summed E-state index contributed by atoms with van der Waals surface area (Å²) in [5.41, 5.74) is 1.85. The molecule has 1 aliphatic heterocycles. The Hall–Kier alpha value is -0.210. The number of halogens is 1. The zero-order valence-electron chi connectivity index (χ0n) is 6.25. The van der Waals surface area contributed by atoms with Gasteiger partial charge >= 0.3 is 80.8 Å². The zero-order valence-corrected chi connectivity index (χ0v) is 8.41. The minimum absolute atomic E-state index is 0.204. The molecule has 1 heterocycles. The van der Waals surface area contributed by atoms with Crippen LogP contribution in [-0.4, -0.2) is 0 Å². The molecule has 5 heteroatoms. The molecule has 0 aliphatic carbocycles. The molecule has 2 rings (SSSR count). The van der Waals surface area contributed by atoms with Crippen molar-refractivity contribution in [2.75, 3.05) is 0 Å². The summed E-state index contributed by atoms with van der Waals surface area (Å²) in [6.45, 7) is 0. The molecule has 0 amide bonds. The van der Waals surface area contributed by atoms with Gasteiger partial charge in [0.1, 0.15) is 0 Å². The number of nitrogens with two attached hydrogens (primary N) is 1. The maximum atomic E-state index is 10.7. The average Bonchev–Trinajstić information content (AvgIpc) is 2.87. The molecular weight excluding hydrogens is 269 g/mol. The van der Waals surface area contributed by atoms with Gasteiger partial charge in [0.15, 0.2) is 0 Å². The Bertz CT molecular complexity index is 249. The fraction of sp³-hybridized carbons (Fsp3) is 0.143. The van der Waals surface area contributed by atoms with Crippen LogP contribution in [0.5, 0.6) is 0 Å². The molecule has 0 spiro atoms. The molecule has 4 N–H and O–H groups in total. The summed E-state index contributed by atoms with van der Waals surface area (Å²) >= 11 is 0.204. The first-order chi connectivity index (χ1) is 5.77. The van der Waals surface area contributed by atoms with Crippen molar-refractivity contribution in [2.24, 2.45) is 5.84 Å². The van der Waals surface area contributed by atoms with Gasteiger partial charge in [-0.3, -0.25) is 0 Å². The van der Waals surface area contributed by atoms with Gasteiger partial charge in [-0.15, -0.1) is 0 Å². The number of hydrogen-bond acceptors (Lipinski definition) is 3. The molecule has 12 heavy (non-hydrogen) atoms. The van der Waals surface area contributed by atoms with Crippen LogP contribution in [0.3, 0.4) is 0 Å². The van der Waals surface area contributed by atoms with Gasteiger partial charge in [-0.2, -0.15) is 0 Å². The van der Waals surface area contributed by atoms with Crippen molar-refractivity contribution in [3.63, 3.8) is 0 Å². The summed E-state index contributed by atoms with van der Waals surface area (Å²) in [5.74, 6) is 5.11. The number of rotatable bonds is 2. The topological polar surface area (TPSA) is 75.5 Å². The van der Waals surface area contributed by atoms with E-state index in [9.17, 15) is 5.21 Å². The number of alkyl halides is 1. The molecule has 66 valence electrons. The number of nitrogen functional groups attached to an aromatic ring is 1. The second-order valence-corrected chi connectivity index (χ2v) is 5.06. The van der Waals surface area contributed by atoms with E-state index in [2.05, 4.69) is 3.53 Å². The summed E-state index contributed by atoms with van der Waals surface area (Å²) in [6, 6.07) is 7.48.